The van der Waals surface area contributed by atoms with Crippen LogP contribution in [0.5, 0.6) is 0 Å². The Morgan fingerprint density at radius 2 is 2.38 bits per heavy atom. The van der Waals surface area contributed by atoms with Crippen LogP contribution >= 0.6 is 0 Å². The summed E-state index contributed by atoms with van der Waals surface area (Å²) in [6, 6.07) is 0. The summed E-state index contributed by atoms with van der Waals surface area (Å²) in [6.45, 7) is 1.92. The third kappa shape index (κ3) is 3.40. The van der Waals surface area contributed by atoms with E-state index in [1.165, 1.54) is 6.08 Å². The molecule has 0 rings (SSSR count). The van der Waals surface area contributed by atoms with Crippen molar-refractivity contribution >= 4 is 5.78 Å². The van der Waals surface area contributed by atoms with E-state index in [0.717, 1.165) is 12.7 Å². The van der Waals surface area contributed by atoms with E-state index in [0.29, 0.717) is 6.42 Å². The topological polar surface area (TPSA) is 37.3 Å². The van der Waals surface area contributed by atoms with E-state index in [9.17, 15) is 4.79 Å². The maximum Gasteiger partial charge on any atom is 0.158 e. The van der Waals surface area contributed by atoms with Crippen LogP contribution in [-0.4, -0.2) is 10.9 Å². The lowest BCUT2D eigenvalue weighted by molar-refractivity contribution is -0.114. The van der Waals surface area contributed by atoms with Crippen LogP contribution in [0.3, 0.4) is 0 Å². The molecule has 0 amide bonds. The molecule has 0 heterocycles. The molecular weight excluding hydrogens is 104 g/mol. The van der Waals surface area contributed by atoms with E-state index >= 15 is 0 Å². The predicted octanol–water partition coefficient (Wildman–Crippen LogP) is 1.43. The second-order valence-electron chi connectivity index (χ2n) is 1.53. The van der Waals surface area contributed by atoms with E-state index in [1.807, 2.05) is 6.92 Å². The van der Waals surface area contributed by atoms with Crippen LogP contribution in [0.2, 0.25) is 0 Å². The van der Waals surface area contributed by atoms with E-state index in [-0.39, 0.29) is 5.78 Å². The van der Waals surface area contributed by atoms with Gasteiger partial charge in [0.15, 0.2) is 5.78 Å². The van der Waals surface area contributed by atoms with Crippen LogP contribution in [0.4, 0.5) is 0 Å². The van der Waals surface area contributed by atoms with E-state index in [2.05, 4.69) is 0 Å². The second kappa shape index (κ2) is 4.37. The van der Waals surface area contributed by atoms with Gasteiger partial charge in [-0.15, -0.1) is 0 Å². The van der Waals surface area contributed by atoms with Gasteiger partial charge in [0.25, 0.3) is 0 Å². The molecule has 46 valence electrons. The fourth-order valence-corrected chi connectivity index (χ4v) is 0.413. The third-order valence-corrected chi connectivity index (χ3v) is 0.757. The molecule has 0 spiro atoms. The Morgan fingerprint density at radius 1 is 1.75 bits per heavy atom. The summed E-state index contributed by atoms with van der Waals surface area (Å²) in [6.07, 6.45) is 3.31. The zero-order valence-electron chi connectivity index (χ0n) is 4.92. The average molecular weight is 114 g/mol. The molecule has 0 aromatic carbocycles. The van der Waals surface area contributed by atoms with Gasteiger partial charge in [-0.05, 0) is 6.42 Å². The number of rotatable bonds is 3. The van der Waals surface area contributed by atoms with Crippen molar-refractivity contribution in [3.05, 3.63) is 12.3 Å². The summed E-state index contributed by atoms with van der Waals surface area (Å²) in [5.41, 5.74) is 0. The van der Waals surface area contributed by atoms with Crippen molar-refractivity contribution in [2.75, 3.05) is 0 Å². The second-order valence-corrected chi connectivity index (χ2v) is 1.53. The summed E-state index contributed by atoms with van der Waals surface area (Å²) in [5, 5.41) is 8.06. The van der Waals surface area contributed by atoms with Crippen LogP contribution in [-0.2, 0) is 4.79 Å². The standard InChI is InChI=1S/C6H10O2/c1-2-3-6(8)4-5-7/h4-5,7H,2-3H2,1H3/b5-4-. The van der Waals surface area contributed by atoms with Crippen molar-refractivity contribution in [3.8, 4) is 0 Å². The lowest BCUT2D eigenvalue weighted by Crippen LogP contribution is -1.88. The SMILES string of the molecule is CCCC(=O)/C=C\O. The van der Waals surface area contributed by atoms with Crippen LogP contribution in [0, 0.1) is 0 Å². The maximum atomic E-state index is 10.4. The first-order chi connectivity index (χ1) is 3.81. The minimum Gasteiger partial charge on any atom is -0.515 e. The van der Waals surface area contributed by atoms with Gasteiger partial charge in [0.05, 0.1) is 6.26 Å². The van der Waals surface area contributed by atoms with Crippen LogP contribution in [0.1, 0.15) is 19.8 Å². The summed E-state index contributed by atoms with van der Waals surface area (Å²) in [4.78, 5) is 10.4. The number of ketones is 1. The molecule has 1 N–H and O–H groups in total. The average Bonchev–Trinajstić information content (AvgIpc) is 1.68. The lowest BCUT2D eigenvalue weighted by Gasteiger charge is -1.84. The van der Waals surface area contributed by atoms with Crippen molar-refractivity contribution in [2.24, 2.45) is 0 Å². The molecule has 2 nitrogen and oxygen atoms in total. The molecule has 0 saturated heterocycles. The lowest BCUT2D eigenvalue weighted by atomic mass is 10.2. The third-order valence-electron chi connectivity index (χ3n) is 0.757. The highest BCUT2D eigenvalue weighted by Gasteiger charge is 1.90. The highest BCUT2D eigenvalue weighted by atomic mass is 16.2. The monoisotopic (exact) mass is 114 g/mol. The molecule has 0 aromatic rings. The molecule has 0 fully saturated rings. The zero-order chi connectivity index (χ0) is 6.41. The largest absolute Gasteiger partial charge is 0.515 e. The molecule has 0 atom stereocenters. The Balaban J connectivity index is 3.33. The summed E-state index contributed by atoms with van der Waals surface area (Å²) in [7, 11) is 0. The molecule has 8 heavy (non-hydrogen) atoms. The molecule has 0 aliphatic rings. The van der Waals surface area contributed by atoms with Gasteiger partial charge in [-0.25, -0.2) is 0 Å². The first-order valence-electron chi connectivity index (χ1n) is 2.64. The number of hydrogen-bond donors (Lipinski definition) is 1. The maximum absolute atomic E-state index is 10.4. The molecule has 0 aliphatic heterocycles. The van der Waals surface area contributed by atoms with Gasteiger partial charge in [0.1, 0.15) is 0 Å². The zero-order valence-corrected chi connectivity index (χ0v) is 4.92. The van der Waals surface area contributed by atoms with Crippen LogP contribution in [0.25, 0.3) is 0 Å². The molecule has 0 radical (unpaired) electrons. The Bertz CT molecular complexity index is 94.7. The quantitative estimate of drug-likeness (QED) is 0.445. The molecule has 0 saturated carbocycles. The van der Waals surface area contributed by atoms with Crippen LogP contribution in [0.15, 0.2) is 12.3 Å². The van der Waals surface area contributed by atoms with Gasteiger partial charge in [0, 0.05) is 12.5 Å². The molecule has 0 aliphatic carbocycles. The fraction of sp³-hybridized carbons (Fsp3) is 0.500. The summed E-state index contributed by atoms with van der Waals surface area (Å²) >= 11 is 0. The number of aliphatic hydroxyl groups excluding tert-OH is 1. The minimum atomic E-state index is -0.0185. The number of carbonyl (C=O) groups excluding carboxylic acids is 1. The highest BCUT2D eigenvalue weighted by Crippen LogP contribution is 1.88. The Morgan fingerprint density at radius 3 is 2.75 bits per heavy atom. The van der Waals surface area contributed by atoms with E-state index < -0.39 is 0 Å². The van der Waals surface area contributed by atoms with Gasteiger partial charge in [-0.1, -0.05) is 6.92 Å². The number of hydrogen-bond acceptors (Lipinski definition) is 2. The van der Waals surface area contributed by atoms with Crippen molar-refractivity contribution < 1.29 is 9.90 Å². The van der Waals surface area contributed by atoms with Crippen molar-refractivity contribution in [2.45, 2.75) is 19.8 Å². The van der Waals surface area contributed by atoms with E-state index in [4.69, 9.17) is 5.11 Å². The normalized spacial score (nSPS) is 10.1. The van der Waals surface area contributed by atoms with Gasteiger partial charge in [0.2, 0.25) is 0 Å². The predicted molar refractivity (Wildman–Crippen MR) is 31.7 cm³/mol. The fourth-order valence-electron chi connectivity index (χ4n) is 0.413. The Hall–Kier alpha value is -0.790. The van der Waals surface area contributed by atoms with Crippen molar-refractivity contribution in [1.82, 2.24) is 0 Å². The molecule has 0 aromatic heterocycles. The number of carbonyl (C=O) groups is 1. The number of aliphatic hydroxyl groups is 1. The first kappa shape index (κ1) is 7.21. The van der Waals surface area contributed by atoms with Crippen molar-refractivity contribution in [3.63, 3.8) is 0 Å². The van der Waals surface area contributed by atoms with Gasteiger partial charge in [-0.3, -0.25) is 4.79 Å². The minimum absolute atomic E-state index is 0.0185. The van der Waals surface area contributed by atoms with Crippen molar-refractivity contribution in [1.29, 1.82) is 0 Å². The Labute approximate surface area is 48.8 Å². The smallest absolute Gasteiger partial charge is 0.158 e. The summed E-state index contributed by atoms with van der Waals surface area (Å²) in [5.74, 6) is -0.0185. The molecular formula is C6H10O2. The summed E-state index contributed by atoms with van der Waals surface area (Å²) < 4.78 is 0. The van der Waals surface area contributed by atoms with E-state index in [1.54, 1.807) is 0 Å². The highest BCUT2D eigenvalue weighted by molar-refractivity contribution is 5.89. The number of allylic oxidation sites excluding steroid dienone is 1. The van der Waals surface area contributed by atoms with Gasteiger partial charge >= 0.3 is 0 Å². The molecule has 0 bridgehead atoms. The molecule has 2 heteroatoms. The Kier molecular flexibility index (Phi) is 3.94. The molecule has 0 unspecified atom stereocenters. The van der Waals surface area contributed by atoms with Gasteiger partial charge < -0.3 is 5.11 Å². The first-order valence-corrected chi connectivity index (χ1v) is 2.64. The van der Waals surface area contributed by atoms with Gasteiger partial charge in [-0.2, -0.15) is 0 Å². The van der Waals surface area contributed by atoms with Crippen LogP contribution < -0.4 is 0 Å².